The summed E-state index contributed by atoms with van der Waals surface area (Å²) in [5.74, 6) is -0.0800. The van der Waals surface area contributed by atoms with Crippen LogP contribution in [0.15, 0.2) is 12.1 Å². The van der Waals surface area contributed by atoms with Crippen LogP contribution in [0.25, 0.3) is 0 Å². The van der Waals surface area contributed by atoms with Crippen molar-refractivity contribution in [1.29, 1.82) is 0 Å². The van der Waals surface area contributed by atoms with Gasteiger partial charge in [-0.3, -0.25) is 4.79 Å². The van der Waals surface area contributed by atoms with Crippen molar-refractivity contribution in [3.8, 4) is 0 Å². The fraction of sp³-hybridized carbons (Fsp3) is 0.467. The standard InChI is InChI=1S/C15H18Cl2N2O2/c1-8-4-12(17)13(5-11(8)16)18-15(21)19-6-9(2)14(20)10(3)7-19/h4-5,9-10H,6-7H2,1-3H3,(H,18,21)/t9-,10-/m1/s1. The average Bonchev–Trinajstić information content (AvgIpc) is 2.41. The summed E-state index contributed by atoms with van der Waals surface area (Å²) in [4.78, 5) is 25.7. The predicted molar refractivity (Wildman–Crippen MR) is 85.1 cm³/mol. The van der Waals surface area contributed by atoms with Crippen molar-refractivity contribution in [3.63, 3.8) is 0 Å². The molecular formula is C15H18Cl2N2O2. The van der Waals surface area contributed by atoms with Gasteiger partial charge in [0.05, 0.1) is 10.7 Å². The SMILES string of the molecule is Cc1cc(Cl)c(NC(=O)N2C[C@@H](C)C(=O)[C@H](C)C2)cc1Cl. The lowest BCUT2D eigenvalue weighted by Crippen LogP contribution is -2.49. The van der Waals surface area contributed by atoms with Crippen molar-refractivity contribution in [2.24, 2.45) is 11.8 Å². The van der Waals surface area contributed by atoms with Gasteiger partial charge >= 0.3 is 6.03 Å². The molecule has 114 valence electrons. The molecule has 2 atom stereocenters. The second-order valence-corrected chi connectivity index (χ2v) is 6.44. The summed E-state index contributed by atoms with van der Waals surface area (Å²) in [7, 11) is 0. The van der Waals surface area contributed by atoms with E-state index < -0.39 is 0 Å². The lowest BCUT2D eigenvalue weighted by atomic mass is 9.90. The van der Waals surface area contributed by atoms with Gasteiger partial charge in [0.1, 0.15) is 5.78 Å². The molecule has 21 heavy (non-hydrogen) atoms. The molecule has 0 radical (unpaired) electrons. The van der Waals surface area contributed by atoms with Crippen LogP contribution < -0.4 is 5.32 Å². The van der Waals surface area contributed by atoms with Crippen molar-refractivity contribution in [2.75, 3.05) is 18.4 Å². The Balaban J connectivity index is 2.12. The molecular weight excluding hydrogens is 311 g/mol. The van der Waals surface area contributed by atoms with Crippen molar-refractivity contribution in [1.82, 2.24) is 4.90 Å². The minimum absolute atomic E-state index is 0.142. The number of nitrogens with zero attached hydrogens (tertiary/aromatic N) is 1. The number of likely N-dealkylation sites (tertiary alicyclic amines) is 1. The molecule has 1 heterocycles. The number of halogens is 2. The molecule has 1 fully saturated rings. The number of carbonyl (C=O) groups is 2. The first-order valence-corrected chi connectivity index (χ1v) is 7.60. The van der Waals surface area contributed by atoms with Gasteiger partial charge in [-0.15, -0.1) is 0 Å². The molecule has 0 spiro atoms. The molecule has 2 amide bonds. The second-order valence-electron chi connectivity index (χ2n) is 5.62. The molecule has 1 aromatic rings. The fourth-order valence-electron chi connectivity index (χ4n) is 2.50. The number of hydrogen-bond acceptors (Lipinski definition) is 2. The maximum Gasteiger partial charge on any atom is 0.321 e. The Morgan fingerprint density at radius 2 is 1.76 bits per heavy atom. The zero-order chi connectivity index (χ0) is 15.7. The van der Waals surface area contributed by atoms with Gasteiger partial charge in [0.15, 0.2) is 0 Å². The Labute approximate surface area is 134 Å². The largest absolute Gasteiger partial charge is 0.323 e. The van der Waals surface area contributed by atoms with Gasteiger partial charge in [0.2, 0.25) is 0 Å². The first kappa shape index (κ1) is 16.1. The number of rotatable bonds is 1. The summed E-state index contributed by atoms with van der Waals surface area (Å²) < 4.78 is 0. The molecule has 6 heteroatoms. The van der Waals surface area contributed by atoms with Crippen LogP contribution in [0.2, 0.25) is 10.0 Å². The number of piperidine rings is 1. The molecule has 4 nitrogen and oxygen atoms in total. The lowest BCUT2D eigenvalue weighted by Gasteiger charge is -2.33. The average molecular weight is 329 g/mol. The second kappa shape index (κ2) is 6.24. The Hall–Kier alpha value is -1.26. The van der Waals surface area contributed by atoms with E-state index in [0.717, 1.165) is 5.56 Å². The van der Waals surface area contributed by atoms with E-state index in [-0.39, 0.29) is 23.7 Å². The van der Waals surface area contributed by atoms with Crippen molar-refractivity contribution in [2.45, 2.75) is 20.8 Å². The number of amides is 2. The molecule has 1 aromatic carbocycles. The molecule has 1 aliphatic heterocycles. The maximum atomic E-state index is 12.3. The number of ketones is 1. The van der Waals surface area contributed by atoms with Crippen molar-refractivity contribution >= 4 is 40.7 Å². The van der Waals surface area contributed by atoms with E-state index in [9.17, 15) is 9.59 Å². The topological polar surface area (TPSA) is 49.4 Å². The zero-order valence-electron chi connectivity index (χ0n) is 12.2. The number of urea groups is 1. The fourth-order valence-corrected chi connectivity index (χ4v) is 2.93. The molecule has 0 aliphatic carbocycles. The van der Waals surface area contributed by atoms with Crippen molar-refractivity contribution < 1.29 is 9.59 Å². The zero-order valence-corrected chi connectivity index (χ0v) is 13.8. The highest BCUT2D eigenvalue weighted by Crippen LogP contribution is 2.29. The van der Waals surface area contributed by atoms with E-state index in [1.54, 1.807) is 17.0 Å². The highest BCUT2D eigenvalue weighted by Gasteiger charge is 2.32. The third-order valence-corrected chi connectivity index (χ3v) is 4.46. The molecule has 0 aromatic heterocycles. The third-order valence-electron chi connectivity index (χ3n) is 3.74. The summed E-state index contributed by atoms with van der Waals surface area (Å²) in [6.07, 6.45) is 0. The molecule has 0 bridgehead atoms. The van der Waals surface area contributed by atoms with E-state index in [1.165, 1.54) is 0 Å². The summed E-state index contributed by atoms with van der Waals surface area (Å²) in [6.45, 7) is 6.37. The molecule has 2 rings (SSSR count). The molecule has 1 saturated heterocycles. The number of hydrogen-bond donors (Lipinski definition) is 1. The van der Waals surface area contributed by atoms with Gasteiger partial charge in [-0.05, 0) is 24.6 Å². The summed E-state index contributed by atoms with van der Waals surface area (Å²) in [5, 5.41) is 3.75. The molecule has 0 saturated carbocycles. The number of benzene rings is 1. The number of nitrogens with one attached hydrogen (secondary N) is 1. The Morgan fingerprint density at radius 3 is 2.33 bits per heavy atom. The quantitative estimate of drug-likeness (QED) is 0.847. The number of aryl methyl sites for hydroxylation is 1. The first-order valence-electron chi connectivity index (χ1n) is 6.85. The smallest absolute Gasteiger partial charge is 0.321 e. The van der Waals surface area contributed by atoms with Crippen molar-refractivity contribution in [3.05, 3.63) is 27.7 Å². The third kappa shape index (κ3) is 3.50. The van der Waals surface area contributed by atoms with E-state index in [2.05, 4.69) is 5.32 Å². The highest BCUT2D eigenvalue weighted by atomic mass is 35.5. The molecule has 0 unspecified atom stereocenters. The van der Waals surface area contributed by atoms with Crippen LogP contribution in [0.3, 0.4) is 0 Å². The van der Waals surface area contributed by atoms with Gasteiger partial charge in [0.25, 0.3) is 0 Å². The van der Waals surface area contributed by atoms with Crippen LogP contribution in [-0.4, -0.2) is 29.8 Å². The number of carbonyl (C=O) groups excluding carboxylic acids is 2. The minimum atomic E-state index is -0.261. The van der Waals surface area contributed by atoms with Gasteiger partial charge in [-0.25, -0.2) is 4.79 Å². The van der Waals surface area contributed by atoms with Gasteiger partial charge < -0.3 is 10.2 Å². The van der Waals surface area contributed by atoms with Crippen LogP contribution in [0.4, 0.5) is 10.5 Å². The van der Waals surface area contributed by atoms with Gasteiger partial charge in [0, 0.05) is 29.9 Å². The van der Waals surface area contributed by atoms with Crippen LogP contribution in [0.5, 0.6) is 0 Å². The number of anilines is 1. The van der Waals surface area contributed by atoms with E-state index in [1.807, 2.05) is 20.8 Å². The van der Waals surface area contributed by atoms with E-state index in [4.69, 9.17) is 23.2 Å². The van der Waals surface area contributed by atoms with E-state index in [0.29, 0.717) is 28.8 Å². The van der Waals surface area contributed by atoms with Crippen LogP contribution >= 0.6 is 23.2 Å². The van der Waals surface area contributed by atoms with E-state index >= 15 is 0 Å². The Morgan fingerprint density at radius 1 is 1.19 bits per heavy atom. The van der Waals surface area contributed by atoms with Crippen LogP contribution in [0, 0.1) is 18.8 Å². The Kier molecular flexibility index (Phi) is 4.79. The first-order chi connectivity index (χ1) is 9.79. The lowest BCUT2D eigenvalue weighted by molar-refractivity contribution is -0.128. The monoisotopic (exact) mass is 328 g/mol. The number of Topliss-reactive ketones (excluding diaryl/α,β-unsaturated/α-hetero) is 1. The summed E-state index contributed by atoms with van der Waals surface area (Å²) in [6, 6.07) is 3.09. The van der Waals surface area contributed by atoms with Gasteiger partial charge in [-0.1, -0.05) is 37.0 Å². The molecule has 1 N–H and O–H groups in total. The van der Waals surface area contributed by atoms with Crippen LogP contribution in [0.1, 0.15) is 19.4 Å². The highest BCUT2D eigenvalue weighted by molar-refractivity contribution is 6.36. The molecule has 1 aliphatic rings. The predicted octanol–water partition coefficient (Wildman–Crippen LogP) is 3.99. The van der Waals surface area contributed by atoms with Crippen LogP contribution in [-0.2, 0) is 4.79 Å². The summed E-state index contributed by atoms with van der Waals surface area (Å²) >= 11 is 12.2. The Bertz CT molecular complexity index is 575. The van der Waals surface area contributed by atoms with Gasteiger partial charge in [-0.2, -0.15) is 0 Å². The summed E-state index contributed by atoms with van der Waals surface area (Å²) in [5.41, 5.74) is 1.33. The maximum absolute atomic E-state index is 12.3. The minimum Gasteiger partial charge on any atom is -0.323 e. The normalized spacial score (nSPS) is 22.3.